The maximum absolute atomic E-state index is 10.5. The van der Waals surface area contributed by atoms with E-state index >= 15 is 0 Å². The van der Waals surface area contributed by atoms with Crippen molar-refractivity contribution in [2.24, 2.45) is 0 Å². The fraction of sp³-hybridized carbons (Fsp3) is 0.0833. The van der Waals surface area contributed by atoms with Gasteiger partial charge in [0.25, 0.3) is 5.69 Å². The van der Waals surface area contributed by atoms with Crippen molar-refractivity contribution in [2.75, 3.05) is 0 Å². The first-order valence-corrected chi connectivity index (χ1v) is 4.84. The molecule has 0 spiro atoms. The molecule has 0 fully saturated rings. The average molecular weight is 214 g/mol. The summed E-state index contributed by atoms with van der Waals surface area (Å²) >= 11 is 0. The molecule has 1 aromatic carbocycles. The zero-order valence-corrected chi connectivity index (χ0v) is 8.75. The number of pyridine rings is 1. The van der Waals surface area contributed by atoms with Gasteiger partial charge in [0.1, 0.15) is 0 Å². The number of non-ortho nitro benzene ring substituents is 1. The van der Waals surface area contributed by atoms with E-state index in [2.05, 4.69) is 4.98 Å². The molecular formula is C12H10N2O2. The molecule has 0 aliphatic carbocycles. The van der Waals surface area contributed by atoms with Crippen molar-refractivity contribution in [1.29, 1.82) is 0 Å². The van der Waals surface area contributed by atoms with Gasteiger partial charge in [0.2, 0.25) is 0 Å². The molecule has 0 amide bonds. The van der Waals surface area contributed by atoms with Crippen molar-refractivity contribution >= 4 is 5.69 Å². The van der Waals surface area contributed by atoms with Crippen molar-refractivity contribution in [1.82, 2.24) is 4.98 Å². The average Bonchev–Trinajstić information content (AvgIpc) is 2.29. The van der Waals surface area contributed by atoms with Gasteiger partial charge in [0, 0.05) is 23.9 Å². The predicted octanol–water partition coefficient (Wildman–Crippen LogP) is 2.97. The highest BCUT2D eigenvalue weighted by molar-refractivity contribution is 5.61. The Balaban J connectivity index is 2.38. The molecule has 2 aromatic rings. The number of rotatable bonds is 2. The first-order valence-electron chi connectivity index (χ1n) is 4.84. The van der Waals surface area contributed by atoms with Gasteiger partial charge in [-0.1, -0.05) is 0 Å². The highest BCUT2D eigenvalue weighted by atomic mass is 16.6. The Morgan fingerprint density at radius 2 is 1.88 bits per heavy atom. The maximum Gasteiger partial charge on any atom is 0.269 e. The highest BCUT2D eigenvalue weighted by Crippen LogP contribution is 2.20. The molecule has 0 aliphatic rings. The second-order valence-corrected chi connectivity index (χ2v) is 3.52. The van der Waals surface area contributed by atoms with E-state index in [1.165, 1.54) is 12.1 Å². The summed E-state index contributed by atoms with van der Waals surface area (Å²) in [5, 5.41) is 10.5. The Morgan fingerprint density at radius 1 is 1.19 bits per heavy atom. The first kappa shape index (κ1) is 10.3. The Kier molecular flexibility index (Phi) is 2.64. The van der Waals surface area contributed by atoms with Crippen LogP contribution in [0.15, 0.2) is 42.6 Å². The topological polar surface area (TPSA) is 56.0 Å². The van der Waals surface area contributed by atoms with E-state index in [0.717, 1.165) is 16.8 Å². The number of aromatic nitrogens is 1. The number of benzene rings is 1. The van der Waals surface area contributed by atoms with E-state index in [1.54, 1.807) is 18.3 Å². The second kappa shape index (κ2) is 4.10. The molecule has 0 bridgehead atoms. The third-order valence-corrected chi connectivity index (χ3v) is 2.29. The summed E-state index contributed by atoms with van der Waals surface area (Å²) in [5.74, 6) is 0. The molecule has 0 N–H and O–H groups in total. The molecule has 1 heterocycles. The third kappa shape index (κ3) is 2.06. The lowest BCUT2D eigenvalue weighted by Gasteiger charge is -2.01. The number of hydrogen-bond donors (Lipinski definition) is 0. The van der Waals surface area contributed by atoms with Crippen molar-refractivity contribution in [2.45, 2.75) is 6.92 Å². The molecule has 4 nitrogen and oxygen atoms in total. The monoisotopic (exact) mass is 214 g/mol. The van der Waals surface area contributed by atoms with Gasteiger partial charge in [0.15, 0.2) is 0 Å². The largest absolute Gasteiger partial charge is 0.269 e. The summed E-state index contributed by atoms with van der Waals surface area (Å²) in [6, 6.07) is 10.2. The number of nitro benzene ring substituents is 1. The summed E-state index contributed by atoms with van der Waals surface area (Å²) in [4.78, 5) is 14.3. The molecule has 1 aromatic heterocycles. The van der Waals surface area contributed by atoms with Crippen LogP contribution in [0.3, 0.4) is 0 Å². The SMILES string of the molecule is Cc1ccnc(-c2ccc([N+](=O)[O-])cc2)c1. The molecule has 0 saturated heterocycles. The Morgan fingerprint density at radius 3 is 2.44 bits per heavy atom. The molecule has 2 rings (SSSR count). The molecule has 0 saturated carbocycles. The first-order chi connectivity index (χ1) is 7.66. The summed E-state index contributed by atoms with van der Waals surface area (Å²) in [6.07, 6.45) is 1.73. The second-order valence-electron chi connectivity index (χ2n) is 3.52. The fourth-order valence-corrected chi connectivity index (χ4v) is 1.45. The van der Waals surface area contributed by atoms with Crippen LogP contribution in [0.25, 0.3) is 11.3 Å². The van der Waals surface area contributed by atoms with Crippen LogP contribution in [-0.4, -0.2) is 9.91 Å². The smallest absolute Gasteiger partial charge is 0.258 e. The predicted molar refractivity (Wildman–Crippen MR) is 61.1 cm³/mol. The van der Waals surface area contributed by atoms with Crippen LogP contribution < -0.4 is 0 Å². The Labute approximate surface area is 92.7 Å². The van der Waals surface area contributed by atoms with Crippen LogP contribution in [0.4, 0.5) is 5.69 Å². The molecular weight excluding hydrogens is 204 g/mol. The van der Waals surface area contributed by atoms with Gasteiger partial charge in [-0.3, -0.25) is 15.1 Å². The van der Waals surface area contributed by atoms with Crippen LogP contribution >= 0.6 is 0 Å². The van der Waals surface area contributed by atoms with Gasteiger partial charge < -0.3 is 0 Å². The summed E-state index contributed by atoms with van der Waals surface area (Å²) < 4.78 is 0. The molecule has 16 heavy (non-hydrogen) atoms. The van der Waals surface area contributed by atoms with Gasteiger partial charge >= 0.3 is 0 Å². The number of nitro groups is 1. The summed E-state index contributed by atoms with van der Waals surface area (Å²) in [7, 11) is 0. The van der Waals surface area contributed by atoms with E-state index in [9.17, 15) is 10.1 Å². The number of hydrogen-bond acceptors (Lipinski definition) is 3. The van der Waals surface area contributed by atoms with E-state index in [-0.39, 0.29) is 5.69 Å². The maximum atomic E-state index is 10.5. The van der Waals surface area contributed by atoms with E-state index in [1.807, 2.05) is 19.1 Å². The standard InChI is InChI=1S/C12H10N2O2/c1-9-6-7-13-12(8-9)10-2-4-11(5-3-10)14(15)16/h2-8H,1H3. The minimum Gasteiger partial charge on any atom is -0.258 e. The zero-order chi connectivity index (χ0) is 11.5. The molecule has 0 atom stereocenters. The lowest BCUT2D eigenvalue weighted by molar-refractivity contribution is -0.384. The van der Waals surface area contributed by atoms with E-state index in [0.29, 0.717) is 0 Å². The molecule has 0 unspecified atom stereocenters. The minimum atomic E-state index is -0.409. The van der Waals surface area contributed by atoms with Crippen molar-refractivity contribution < 1.29 is 4.92 Å². The highest BCUT2D eigenvalue weighted by Gasteiger charge is 2.05. The van der Waals surface area contributed by atoms with Gasteiger partial charge in [-0.05, 0) is 36.8 Å². The zero-order valence-electron chi connectivity index (χ0n) is 8.75. The third-order valence-electron chi connectivity index (χ3n) is 2.29. The van der Waals surface area contributed by atoms with Crippen LogP contribution in [0, 0.1) is 17.0 Å². The minimum absolute atomic E-state index is 0.0939. The van der Waals surface area contributed by atoms with Crippen molar-refractivity contribution in [3.63, 3.8) is 0 Å². The number of nitrogens with zero attached hydrogens (tertiary/aromatic N) is 2. The normalized spacial score (nSPS) is 10.1. The lowest BCUT2D eigenvalue weighted by atomic mass is 10.1. The van der Waals surface area contributed by atoms with E-state index in [4.69, 9.17) is 0 Å². The molecule has 0 radical (unpaired) electrons. The Hall–Kier alpha value is -2.23. The van der Waals surface area contributed by atoms with Gasteiger partial charge in [-0.25, -0.2) is 0 Å². The molecule has 0 aliphatic heterocycles. The Bertz CT molecular complexity index is 521. The van der Waals surface area contributed by atoms with Crippen molar-refractivity contribution in [3.05, 3.63) is 58.3 Å². The van der Waals surface area contributed by atoms with Crippen LogP contribution in [0.1, 0.15) is 5.56 Å². The molecule has 4 heteroatoms. The van der Waals surface area contributed by atoms with Crippen molar-refractivity contribution in [3.8, 4) is 11.3 Å². The summed E-state index contributed by atoms with van der Waals surface area (Å²) in [5.41, 5.74) is 2.92. The van der Waals surface area contributed by atoms with Gasteiger partial charge in [-0.15, -0.1) is 0 Å². The van der Waals surface area contributed by atoms with Gasteiger partial charge in [-0.2, -0.15) is 0 Å². The van der Waals surface area contributed by atoms with Gasteiger partial charge in [0.05, 0.1) is 10.6 Å². The quantitative estimate of drug-likeness (QED) is 0.570. The van der Waals surface area contributed by atoms with Crippen LogP contribution in [0.2, 0.25) is 0 Å². The number of aryl methyl sites for hydroxylation is 1. The van der Waals surface area contributed by atoms with E-state index < -0.39 is 4.92 Å². The fourth-order valence-electron chi connectivity index (χ4n) is 1.45. The lowest BCUT2D eigenvalue weighted by Crippen LogP contribution is -1.88. The summed E-state index contributed by atoms with van der Waals surface area (Å²) in [6.45, 7) is 1.98. The van der Waals surface area contributed by atoms with Crippen LogP contribution in [0.5, 0.6) is 0 Å². The van der Waals surface area contributed by atoms with Crippen LogP contribution in [-0.2, 0) is 0 Å². The molecule has 80 valence electrons.